The second-order valence-electron chi connectivity index (χ2n) is 4.40. The molecule has 0 fully saturated rings. The number of hydrogen-bond acceptors (Lipinski definition) is 6. The molecule has 1 amide bonds. The van der Waals surface area contributed by atoms with Gasteiger partial charge in [-0.3, -0.25) is 4.79 Å². The van der Waals surface area contributed by atoms with Crippen molar-refractivity contribution in [3.05, 3.63) is 40.1 Å². The molecule has 0 radical (unpaired) electrons. The van der Waals surface area contributed by atoms with Gasteiger partial charge in [0.25, 0.3) is 11.8 Å². The van der Waals surface area contributed by atoms with Crippen LogP contribution in [0.15, 0.2) is 28.8 Å². The SMILES string of the molecule is Cc1cc(OCC(=O)OCC(=O)Nc2ccc(Cl)c(Cl)c2)no1. The Kier molecular flexibility index (Phi) is 5.84. The van der Waals surface area contributed by atoms with Gasteiger partial charge >= 0.3 is 5.97 Å². The summed E-state index contributed by atoms with van der Waals surface area (Å²) in [5, 5.41) is 6.74. The van der Waals surface area contributed by atoms with Crippen LogP contribution in [0.5, 0.6) is 5.88 Å². The standard InChI is InChI=1S/C14H12Cl2N2O5/c1-8-4-13(18-23-8)21-7-14(20)22-6-12(19)17-9-2-3-10(15)11(16)5-9/h2-5H,6-7H2,1H3,(H,17,19). The fourth-order valence-electron chi connectivity index (χ4n) is 1.50. The molecule has 23 heavy (non-hydrogen) atoms. The Morgan fingerprint density at radius 1 is 1.22 bits per heavy atom. The van der Waals surface area contributed by atoms with Crippen molar-refractivity contribution >= 4 is 40.8 Å². The molecular weight excluding hydrogens is 347 g/mol. The van der Waals surface area contributed by atoms with E-state index in [-0.39, 0.29) is 12.5 Å². The van der Waals surface area contributed by atoms with Crippen LogP contribution in [0.25, 0.3) is 0 Å². The van der Waals surface area contributed by atoms with E-state index < -0.39 is 18.5 Å². The summed E-state index contributed by atoms with van der Waals surface area (Å²) in [4.78, 5) is 23.1. The minimum atomic E-state index is -0.713. The van der Waals surface area contributed by atoms with Gasteiger partial charge in [-0.15, -0.1) is 0 Å². The number of amides is 1. The van der Waals surface area contributed by atoms with Crippen molar-refractivity contribution in [1.29, 1.82) is 0 Å². The molecule has 9 heteroatoms. The fourth-order valence-corrected chi connectivity index (χ4v) is 1.80. The van der Waals surface area contributed by atoms with Gasteiger partial charge < -0.3 is 19.3 Å². The van der Waals surface area contributed by atoms with Crippen molar-refractivity contribution in [3.63, 3.8) is 0 Å². The Bertz CT molecular complexity index is 717. The van der Waals surface area contributed by atoms with Crippen molar-refractivity contribution in [3.8, 4) is 5.88 Å². The average Bonchev–Trinajstić information content (AvgIpc) is 2.92. The topological polar surface area (TPSA) is 90.7 Å². The van der Waals surface area contributed by atoms with E-state index in [2.05, 4.69) is 10.5 Å². The highest BCUT2D eigenvalue weighted by Gasteiger charge is 2.11. The third-order valence-electron chi connectivity index (χ3n) is 2.51. The maximum atomic E-state index is 11.7. The molecule has 0 bridgehead atoms. The minimum Gasteiger partial charge on any atom is -0.463 e. The van der Waals surface area contributed by atoms with Gasteiger partial charge in [0.05, 0.1) is 10.0 Å². The molecule has 0 aliphatic rings. The van der Waals surface area contributed by atoms with Crippen LogP contribution >= 0.6 is 23.2 Å². The van der Waals surface area contributed by atoms with Crippen molar-refractivity contribution in [2.75, 3.05) is 18.5 Å². The Hall–Kier alpha value is -2.25. The molecule has 0 atom stereocenters. The van der Waals surface area contributed by atoms with Crippen molar-refractivity contribution in [2.45, 2.75) is 6.92 Å². The fraction of sp³-hybridized carbons (Fsp3) is 0.214. The lowest BCUT2D eigenvalue weighted by Gasteiger charge is -2.07. The molecule has 1 aromatic heterocycles. The van der Waals surface area contributed by atoms with Crippen LogP contribution in [0.2, 0.25) is 10.0 Å². The normalized spacial score (nSPS) is 10.2. The van der Waals surface area contributed by atoms with E-state index >= 15 is 0 Å². The number of halogens is 2. The van der Waals surface area contributed by atoms with Crippen molar-refractivity contribution in [1.82, 2.24) is 5.16 Å². The van der Waals surface area contributed by atoms with Gasteiger partial charge in [-0.1, -0.05) is 23.2 Å². The Balaban J connectivity index is 1.73. The first kappa shape index (κ1) is 17.1. The van der Waals surface area contributed by atoms with Gasteiger partial charge in [-0.25, -0.2) is 4.79 Å². The van der Waals surface area contributed by atoms with Crippen LogP contribution in [0, 0.1) is 6.92 Å². The molecule has 2 aromatic rings. The van der Waals surface area contributed by atoms with Crippen LogP contribution in [0.4, 0.5) is 5.69 Å². The molecule has 1 N–H and O–H groups in total. The summed E-state index contributed by atoms with van der Waals surface area (Å²) in [5.41, 5.74) is 0.440. The highest BCUT2D eigenvalue weighted by molar-refractivity contribution is 6.42. The first-order valence-corrected chi connectivity index (χ1v) is 7.16. The number of nitrogens with one attached hydrogen (secondary N) is 1. The number of nitrogens with zero attached hydrogens (tertiary/aromatic N) is 1. The quantitative estimate of drug-likeness (QED) is 0.798. The average molecular weight is 359 g/mol. The lowest BCUT2D eigenvalue weighted by molar-refractivity contribution is -0.149. The van der Waals surface area contributed by atoms with Crippen LogP contribution < -0.4 is 10.1 Å². The number of carbonyl (C=O) groups excluding carboxylic acids is 2. The molecule has 2 rings (SSSR count). The highest BCUT2D eigenvalue weighted by atomic mass is 35.5. The molecule has 0 saturated heterocycles. The molecule has 0 unspecified atom stereocenters. The molecule has 0 aliphatic carbocycles. The number of aryl methyl sites for hydroxylation is 1. The van der Waals surface area contributed by atoms with E-state index in [0.29, 0.717) is 21.5 Å². The molecule has 1 heterocycles. The summed E-state index contributed by atoms with van der Waals surface area (Å²) < 4.78 is 14.6. The number of anilines is 1. The van der Waals surface area contributed by atoms with Crippen molar-refractivity contribution in [2.24, 2.45) is 0 Å². The molecular formula is C14H12Cl2N2O5. The predicted octanol–water partition coefficient (Wildman–Crippen LogP) is 2.85. The summed E-state index contributed by atoms with van der Waals surface area (Å²) >= 11 is 11.6. The van der Waals surface area contributed by atoms with Gasteiger partial charge in [0, 0.05) is 11.8 Å². The highest BCUT2D eigenvalue weighted by Crippen LogP contribution is 2.24. The van der Waals surface area contributed by atoms with Gasteiger partial charge in [0.15, 0.2) is 13.2 Å². The number of rotatable bonds is 6. The Morgan fingerprint density at radius 3 is 2.65 bits per heavy atom. The lowest BCUT2D eigenvalue weighted by Crippen LogP contribution is -2.23. The van der Waals surface area contributed by atoms with Gasteiger partial charge in [-0.2, -0.15) is 0 Å². The number of ether oxygens (including phenoxy) is 2. The number of benzene rings is 1. The van der Waals surface area contributed by atoms with E-state index in [9.17, 15) is 9.59 Å². The lowest BCUT2D eigenvalue weighted by atomic mass is 10.3. The Labute approximate surface area is 141 Å². The summed E-state index contributed by atoms with van der Waals surface area (Å²) in [6.07, 6.45) is 0. The maximum Gasteiger partial charge on any atom is 0.344 e. The molecule has 1 aromatic carbocycles. The molecule has 0 saturated carbocycles. The number of esters is 1. The molecule has 122 valence electrons. The van der Waals surface area contributed by atoms with Crippen molar-refractivity contribution < 1.29 is 23.6 Å². The van der Waals surface area contributed by atoms with E-state index in [1.54, 1.807) is 19.1 Å². The third-order valence-corrected chi connectivity index (χ3v) is 3.25. The summed E-state index contributed by atoms with van der Waals surface area (Å²) in [6, 6.07) is 6.12. The van der Waals surface area contributed by atoms with Gasteiger partial charge in [-0.05, 0) is 30.3 Å². The van der Waals surface area contributed by atoms with Gasteiger partial charge in [0.1, 0.15) is 5.76 Å². The summed E-state index contributed by atoms with van der Waals surface area (Å²) in [6.45, 7) is 0.845. The number of hydrogen-bond donors (Lipinski definition) is 1. The minimum absolute atomic E-state index is 0.166. The Morgan fingerprint density at radius 2 is 2.00 bits per heavy atom. The first-order chi connectivity index (χ1) is 10.9. The molecule has 0 spiro atoms. The maximum absolute atomic E-state index is 11.7. The third kappa shape index (κ3) is 5.46. The number of carbonyl (C=O) groups is 2. The van der Waals surface area contributed by atoms with Crippen LogP contribution in [0.1, 0.15) is 5.76 Å². The molecule has 0 aliphatic heterocycles. The molecule has 7 nitrogen and oxygen atoms in total. The monoisotopic (exact) mass is 358 g/mol. The van der Waals surface area contributed by atoms with Crippen LogP contribution in [-0.2, 0) is 14.3 Å². The second-order valence-corrected chi connectivity index (χ2v) is 5.22. The van der Waals surface area contributed by atoms with E-state index in [0.717, 1.165) is 0 Å². The second kappa shape index (κ2) is 7.85. The zero-order valence-electron chi connectivity index (χ0n) is 12.0. The van der Waals surface area contributed by atoms with Gasteiger partial charge in [0.2, 0.25) is 0 Å². The van der Waals surface area contributed by atoms with E-state index in [4.69, 9.17) is 37.2 Å². The largest absolute Gasteiger partial charge is 0.463 e. The predicted molar refractivity (Wildman–Crippen MR) is 82.8 cm³/mol. The summed E-state index contributed by atoms with van der Waals surface area (Å²) in [7, 11) is 0. The zero-order chi connectivity index (χ0) is 16.8. The van der Waals surface area contributed by atoms with Crippen LogP contribution in [-0.4, -0.2) is 30.2 Å². The van der Waals surface area contributed by atoms with E-state index in [1.807, 2.05) is 0 Å². The van der Waals surface area contributed by atoms with Crippen LogP contribution in [0.3, 0.4) is 0 Å². The summed E-state index contributed by atoms with van der Waals surface area (Å²) in [5.74, 6) is -0.516. The first-order valence-electron chi connectivity index (χ1n) is 6.40. The van der Waals surface area contributed by atoms with E-state index in [1.165, 1.54) is 12.1 Å². The zero-order valence-corrected chi connectivity index (χ0v) is 13.5. The smallest absolute Gasteiger partial charge is 0.344 e. The number of aromatic nitrogens is 1.